The molecule has 0 bridgehead atoms. The van der Waals surface area contributed by atoms with Crippen LogP contribution >= 0.6 is 0 Å². The topological polar surface area (TPSA) is 75.4 Å². The van der Waals surface area contributed by atoms with Crippen LogP contribution in [0.5, 0.6) is 0 Å². The number of hydrogen-bond acceptors (Lipinski definition) is 4. The fourth-order valence-corrected chi connectivity index (χ4v) is 3.38. The van der Waals surface area contributed by atoms with Gasteiger partial charge in [0.15, 0.2) is 0 Å². The van der Waals surface area contributed by atoms with Crippen LogP contribution in [0.4, 0.5) is 0 Å². The molecule has 0 amide bonds. The number of hydrogen-bond donors (Lipinski definition) is 1. The zero-order valence-electron chi connectivity index (χ0n) is 9.62. The third-order valence-electron chi connectivity index (χ3n) is 2.86. The maximum atomic E-state index is 12.1. The fraction of sp³-hybridized carbons (Fsp3) is 0.700. The lowest BCUT2D eigenvalue weighted by molar-refractivity contribution is 0.277. The molecule has 1 aromatic rings. The van der Waals surface area contributed by atoms with Gasteiger partial charge in [0, 0.05) is 32.4 Å². The largest absolute Gasteiger partial charge is 0.396 e. The van der Waals surface area contributed by atoms with Crippen LogP contribution in [0.3, 0.4) is 0 Å². The van der Waals surface area contributed by atoms with Crippen LogP contribution in [-0.4, -0.2) is 47.3 Å². The Morgan fingerprint density at radius 1 is 1.35 bits per heavy atom. The Balaban J connectivity index is 2.13. The summed E-state index contributed by atoms with van der Waals surface area (Å²) in [7, 11) is -3.36. The Morgan fingerprint density at radius 3 is 2.71 bits per heavy atom. The van der Waals surface area contributed by atoms with E-state index in [4.69, 9.17) is 5.11 Å². The van der Waals surface area contributed by atoms with Crippen molar-refractivity contribution in [1.29, 1.82) is 0 Å². The lowest BCUT2D eigenvalue weighted by Gasteiger charge is -2.13. The van der Waals surface area contributed by atoms with Gasteiger partial charge in [0.1, 0.15) is 4.90 Å². The molecule has 1 N–H and O–H groups in total. The first-order chi connectivity index (χ1) is 8.14. The van der Waals surface area contributed by atoms with E-state index in [2.05, 4.69) is 5.10 Å². The summed E-state index contributed by atoms with van der Waals surface area (Å²) in [5.41, 5.74) is 0. The minimum absolute atomic E-state index is 0.0774. The van der Waals surface area contributed by atoms with Crippen molar-refractivity contribution < 1.29 is 13.5 Å². The number of rotatable bonds is 5. The number of aliphatic hydroxyl groups excluding tert-OH is 1. The highest BCUT2D eigenvalue weighted by Crippen LogP contribution is 2.20. The molecule has 0 radical (unpaired) electrons. The van der Waals surface area contributed by atoms with Gasteiger partial charge in [0.2, 0.25) is 10.0 Å². The summed E-state index contributed by atoms with van der Waals surface area (Å²) in [6, 6.07) is 0. The van der Waals surface area contributed by atoms with Gasteiger partial charge in [0.25, 0.3) is 0 Å². The van der Waals surface area contributed by atoms with Crippen molar-refractivity contribution in [2.24, 2.45) is 0 Å². The van der Waals surface area contributed by atoms with Crippen molar-refractivity contribution in [2.75, 3.05) is 19.7 Å². The summed E-state index contributed by atoms with van der Waals surface area (Å²) in [5, 5.41) is 12.7. The molecule has 1 aromatic heterocycles. The van der Waals surface area contributed by atoms with E-state index in [1.54, 1.807) is 4.68 Å². The van der Waals surface area contributed by atoms with Gasteiger partial charge in [-0.05, 0) is 19.3 Å². The number of nitrogens with zero attached hydrogens (tertiary/aromatic N) is 3. The maximum absolute atomic E-state index is 12.1. The molecule has 0 aromatic carbocycles. The first kappa shape index (κ1) is 12.5. The molecule has 2 heterocycles. The van der Waals surface area contributed by atoms with Crippen LogP contribution in [0.2, 0.25) is 0 Å². The van der Waals surface area contributed by atoms with Crippen LogP contribution in [0.15, 0.2) is 17.3 Å². The summed E-state index contributed by atoms with van der Waals surface area (Å²) in [4.78, 5) is 0.248. The van der Waals surface area contributed by atoms with Gasteiger partial charge in [-0.1, -0.05) is 0 Å². The van der Waals surface area contributed by atoms with Crippen molar-refractivity contribution in [3.8, 4) is 0 Å². The summed E-state index contributed by atoms with van der Waals surface area (Å²) >= 11 is 0. The van der Waals surface area contributed by atoms with Crippen LogP contribution in [0, 0.1) is 0 Å². The van der Waals surface area contributed by atoms with Gasteiger partial charge in [-0.15, -0.1) is 0 Å². The number of sulfonamides is 1. The Hall–Kier alpha value is -0.920. The van der Waals surface area contributed by atoms with Crippen molar-refractivity contribution in [3.63, 3.8) is 0 Å². The second-order valence-electron chi connectivity index (χ2n) is 4.13. The monoisotopic (exact) mass is 259 g/mol. The molecule has 0 spiro atoms. The molecular formula is C10H17N3O3S. The average Bonchev–Trinajstić information content (AvgIpc) is 2.97. The Kier molecular flexibility index (Phi) is 3.80. The molecule has 2 rings (SSSR count). The highest BCUT2D eigenvalue weighted by molar-refractivity contribution is 7.89. The molecule has 1 saturated heterocycles. The summed E-state index contributed by atoms with van der Waals surface area (Å²) in [6.07, 6.45) is 5.34. The molecule has 0 saturated carbocycles. The normalized spacial score (nSPS) is 17.7. The maximum Gasteiger partial charge on any atom is 0.246 e. The molecule has 0 aliphatic carbocycles. The van der Waals surface area contributed by atoms with E-state index < -0.39 is 10.0 Å². The molecule has 1 aliphatic heterocycles. The van der Waals surface area contributed by atoms with Gasteiger partial charge in [-0.25, -0.2) is 8.42 Å². The minimum atomic E-state index is -3.36. The fourth-order valence-electron chi connectivity index (χ4n) is 1.91. The first-order valence-corrected chi connectivity index (χ1v) is 7.22. The smallest absolute Gasteiger partial charge is 0.246 e. The van der Waals surface area contributed by atoms with E-state index in [1.807, 2.05) is 0 Å². The lowest BCUT2D eigenvalue weighted by atomic mass is 10.4. The quantitative estimate of drug-likeness (QED) is 0.810. The van der Waals surface area contributed by atoms with E-state index in [1.165, 1.54) is 16.7 Å². The molecule has 7 heteroatoms. The highest BCUT2D eigenvalue weighted by Gasteiger charge is 2.28. The standard InChI is InChI=1S/C10H17N3O3S/c14-7-3-4-12-9-10(8-11-12)17(15,16)13-5-1-2-6-13/h8-9,14H,1-7H2. The van der Waals surface area contributed by atoms with Gasteiger partial charge in [-0.3, -0.25) is 4.68 Å². The van der Waals surface area contributed by atoms with Crippen molar-refractivity contribution in [3.05, 3.63) is 12.4 Å². The van der Waals surface area contributed by atoms with E-state index in [-0.39, 0.29) is 11.5 Å². The van der Waals surface area contributed by atoms with E-state index in [0.717, 1.165) is 12.8 Å². The highest BCUT2D eigenvalue weighted by atomic mass is 32.2. The third-order valence-corrected chi connectivity index (χ3v) is 4.71. The lowest BCUT2D eigenvalue weighted by Crippen LogP contribution is -2.27. The Morgan fingerprint density at radius 2 is 2.06 bits per heavy atom. The predicted octanol–water partition coefficient (Wildman–Crippen LogP) is 0.0500. The SMILES string of the molecule is O=S(=O)(c1cnn(CCCO)c1)N1CCCC1. The second-order valence-corrected chi connectivity index (χ2v) is 6.07. The van der Waals surface area contributed by atoms with Gasteiger partial charge < -0.3 is 5.11 Å². The summed E-state index contributed by atoms with van der Waals surface area (Å²) < 4.78 is 27.3. The minimum Gasteiger partial charge on any atom is -0.396 e. The summed E-state index contributed by atoms with van der Waals surface area (Å²) in [6.45, 7) is 1.81. The zero-order valence-corrected chi connectivity index (χ0v) is 10.4. The van der Waals surface area contributed by atoms with Crippen molar-refractivity contribution in [2.45, 2.75) is 30.7 Å². The van der Waals surface area contributed by atoms with Crippen LogP contribution < -0.4 is 0 Å². The molecule has 96 valence electrons. The number of aliphatic hydroxyl groups is 1. The van der Waals surface area contributed by atoms with Gasteiger partial charge in [-0.2, -0.15) is 9.40 Å². The molecule has 1 aliphatic rings. The third kappa shape index (κ3) is 2.67. The average molecular weight is 259 g/mol. The van der Waals surface area contributed by atoms with Gasteiger partial charge in [0.05, 0.1) is 6.20 Å². The summed E-state index contributed by atoms with van der Waals surface area (Å²) in [5.74, 6) is 0. The molecule has 0 unspecified atom stereocenters. The zero-order chi connectivity index (χ0) is 12.3. The first-order valence-electron chi connectivity index (χ1n) is 5.78. The molecular weight excluding hydrogens is 242 g/mol. The Labute approximate surface area is 101 Å². The van der Waals surface area contributed by atoms with Crippen molar-refractivity contribution >= 4 is 10.0 Å². The van der Waals surface area contributed by atoms with E-state index in [9.17, 15) is 8.42 Å². The van der Waals surface area contributed by atoms with Crippen LogP contribution in [0.25, 0.3) is 0 Å². The van der Waals surface area contributed by atoms with Gasteiger partial charge >= 0.3 is 0 Å². The van der Waals surface area contributed by atoms with E-state index in [0.29, 0.717) is 26.1 Å². The Bertz CT molecular complexity index is 463. The van der Waals surface area contributed by atoms with Crippen molar-refractivity contribution in [1.82, 2.24) is 14.1 Å². The van der Waals surface area contributed by atoms with E-state index >= 15 is 0 Å². The number of aryl methyl sites for hydroxylation is 1. The number of aromatic nitrogens is 2. The van der Waals surface area contributed by atoms with Crippen LogP contribution in [-0.2, 0) is 16.6 Å². The molecule has 1 fully saturated rings. The van der Waals surface area contributed by atoms with Crippen LogP contribution in [0.1, 0.15) is 19.3 Å². The predicted molar refractivity (Wildman–Crippen MR) is 61.9 cm³/mol. The molecule has 6 nitrogen and oxygen atoms in total. The second kappa shape index (κ2) is 5.16. The molecule has 0 atom stereocenters. The molecule has 17 heavy (non-hydrogen) atoms.